The topological polar surface area (TPSA) is 78.3 Å². The number of aryl methyl sites for hydroxylation is 2. The molecule has 0 saturated heterocycles. The first kappa shape index (κ1) is 21.4. The van der Waals surface area contributed by atoms with Crippen molar-refractivity contribution in [3.63, 3.8) is 0 Å². The highest BCUT2D eigenvalue weighted by molar-refractivity contribution is 5.98. The minimum absolute atomic E-state index is 0.00292. The molecule has 0 amide bonds. The number of fused-ring (bicyclic) bond motifs is 1. The SMILES string of the molecule is CCOC(=O)c1nc(Nc2cc(C)ccc2OC)c2c(C)c(C)n(-c3ccccc3)c2n1. The smallest absolute Gasteiger partial charge is 0.376 e. The lowest BCUT2D eigenvalue weighted by Gasteiger charge is -2.14. The van der Waals surface area contributed by atoms with Crippen LogP contribution in [0.1, 0.15) is 34.4 Å². The number of hydrogen-bond acceptors (Lipinski definition) is 6. The second-order valence-electron chi connectivity index (χ2n) is 7.53. The van der Waals surface area contributed by atoms with E-state index in [1.54, 1.807) is 14.0 Å². The summed E-state index contributed by atoms with van der Waals surface area (Å²) in [6.45, 7) is 8.07. The summed E-state index contributed by atoms with van der Waals surface area (Å²) in [5.41, 5.74) is 5.45. The Balaban J connectivity index is 2.00. The number of carbonyl (C=O) groups excluding carboxylic acids is 1. The number of benzene rings is 2. The summed E-state index contributed by atoms with van der Waals surface area (Å²) < 4.78 is 12.8. The molecule has 0 spiro atoms. The van der Waals surface area contributed by atoms with Gasteiger partial charge in [0.05, 0.1) is 24.8 Å². The van der Waals surface area contributed by atoms with Crippen LogP contribution in [0.5, 0.6) is 5.75 Å². The first-order valence-electron chi connectivity index (χ1n) is 10.5. The summed E-state index contributed by atoms with van der Waals surface area (Å²) in [7, 11) is 1.62. The van der Waals surface area contributed by atoms with Crippen LogP contribution in [-0.2, 0) is 4.74 Å². The van der Waals surface area contributed by atoms with Gasteiger partial charge in [-0.25, -0.2) is 14.8 Å². The number of nitrogens with one attached hydrogen (secondary N) is 1. The van der Waals surface area contributed by atoms with Gasteiger partial charge in [0, 0.05) is 11.4 Å². The zero-order chi connectivity index (χ0) is 22.8. The second kappa shape index (κ2) is 8.70. The number of anilines is 2. The van der Waals surface area contributed by atoms with E-state index in [0.29, 0.717) is 17.2 Å². The van der Waals surface area contributed by atoms with Crippen molar-refractivity contribution < 1.29 is 14.3 Å². The number of rotatable bonds is 6. The van der Waals surface area contributed by atoms with Gasteiger partial charge >= 0.3 is 5.97 Å². The van der Waals surface area contributed by atoms with Crippen LogP contribution in [0.25, 0.3) is 16.7 Å². The highest BCUT2D eigenvalue weighted by Crippen LogP contribution is 2.35. The van der Waals surface area contributed by atoms with Crippen molar-refractivity contribution in [2.45, 2.75) is 27.7 Å². The van der Waals surface area contributed by atoms with Gasteiger partial charge in [-0.2, -0.15) is 0 Å². The van der Waals surface area contributed by atoms with Gasteiger partial charge in [0.1, 0.15) is 11.6 Å². The molecule has 0 atom stereocenters. The summed E-state index contributed by atoms with van der Waals surface area (Å²) in [6.07, 6.45) is 0. The van der Waals surface area contributed by atoms with E-state index in [0.717, 1.165) is 33.6 Å². The van der Waals surface area contributed by atoms with Crippen LogP contribution in [0.3, 0.4) is 0 Å². The molecule has 4 aromatic rings. The fourth-order valence-corrected chi connectivity index (χ4v) is 3.78. The van der Waals surface area contributed by atoms with Crippen molar-refractivity contribution in [2.75, 3.05) is 19.0 Å². The van der Waals surface area contributed by atoms with Crippen molar-refractivity contribution in [3.05, 3.63) is 71.2 Å². The molecule has 0 saturated carbocycles. The molecule has 7 nitrogen and oxygen atoms in total. The molecule has 1 N–H and O–H groups in total. The van der Waals surface area contributed by atoms with Crippen molar-refractivity contribution in [2.24, 2.45) is 0 Å². The van der Waals surface area contributed by atoms with E-state index >= 15 is 0 Å². The van der Waals surface area contributed by atoms with Crippen LogP contribution in [0.2, 0.25) is 0 Å². The molecule has 0 fully saturated rings. The zero-order valence-electron chi connectivity index (χ0n) is 18.9. The molecule has 7 heteroatoms. The van der Waals surface area contributed by atoms with Gasteiger partial charge in [-0.3, -0.25) is 4.57 Å². The first-order chi connectivity index (χ1) is 15.4. The highest BCUT2D eigenvalue weighted by atomic mass is 16.5. The lowest BCUT2D eigenvalue weighted by Crippen LogP contribution is -2.12. The Bertz CT molecular complexity index is 1300. The van der Waals surface area contributed by atoms with Gasteiger partial charge in [0.25, 0.3) is 0 Å². The summed E-state index contributed by atoms with van der Waals surface area (Å²) in [5.74, 6) is 0.641. The predicted octanol–water partition coefficient (Wildman–Crippen LogP) is 5.27. The number of esters is 1. The predicted molar refractivity (Wildman–Crippen MR) is 125 cm³/mol. The van der Waals surface area contributed by atoms with Crippen LogP contribution < -0.4 is 10.1 Å². The van der Waals surface area contributed by atoms with E-state index in [1.807, 2.05) is 73.9 Å². The normalized spacial score (nSPS) is 10.9. The van der Waals surface area contributed by atoms with Gasteiger partial charge in [0.2, 0.25) is 5.82 Å². The van der Waals surface area contributed by atoms with Gasteiger partial charge in [-0.1, -0.05) is 24.3 Å². The molecule has 0 radical (unpaired) electrons. The Morgan fingerprint density at radius 3 is 2.50 bits per heavy atom. The molecule has 0 aliphatic rings. The van der Waals surface area contributed by atoms with Crippen LogP contribution in [0.15, 0.2) is 48.5 Å². The van der Waals surface area contributed by atoms with Gasteiger partial charge in [0.15, 0.2) is 5.65 Å². The van der Waals surface area contributed by atoms with Gasteiger partial charge in [-0.05, 0) is 63.1 Å². The van der Waals surface area contributed by atoms with Crippen LogP contribution >= 0.6 is 0 Å². The second-order valence-corrected chi connectivity index (χ2v) is 7.53. The van der Waals surface area contributed by atoms with E-state index in [-0.39, 0.29) is 12.4 Å². The fourth-order valence-electron chi connectivity index (χ4n) is 3.78. The number of ether oxygens (including phenoxy) is 2. The van der Waals surface area contributed by atoms with Crippen molar-refractivity contribution in [3.8, 4) is 11.4 Å². The number of carbonyl (C=O) groups is 1. The molecule has 164 valence electrons. The Morgan fingerprint density at radius 1 is 1.06 bits per heavy atom. The van der Waals surface area contributed by atoms with E-state index < -0.39 is 5.97 Å². The molecule has 0 aliphatic carbocycles. The molecule has 2 aromatic carbocycles. The third-order valence-electron chi connectivity index (χ3n) is 5.44. The minimum Gasteiger partial charge on any atom is -0.495 e. The lowest BCUT2D eigenvalue weighted by atomic mass is 10.2. The Labute approximate surface area is 187 Å². The zero-order valence-corrected chi connectivity index (χ0v) is 18.9. The Hall–Kier alpha value is -3.87. The van der Waals surface area contributed by atoms with E-state index in [2.05, 4.69) is 15.3 Å². The van der Waals surface area contributed by atoms with Gasteiger partial charge in [-0.15, -0.1) is 0 Å². The maximum atomic E-state index is 12.6. The Morgan fingerprint density at radius 2 is 1.81 bits per heavy atom. The number of aromatic nitrogens is 3. The van der Waals surface area contributed by atoms with Crippen LogP contribution in [-0.4, -0.2) is 34.2 Å². The standard InChI is InChI=1S/C25H26N4O3/c1-6-32-25(30)23-27-22(26-19-14-15(2)12-13-20(19)31-5)21-16(3)17(4)29(24(21)28-23)18-10-8-7-9-11-18/h7-14H,6H2,1-5H3,(H,26,27,28). The number of methoxy groups -OCH3 is 1. The van der Waals surface area contributed by atoms with E-state index in [1.165, 1.54) is 0 Å². The van der Waals surface area contributed by atoms with Crippen LogP contribution in [0, 0.1) is 20.8 Å². The lowest BCUT2D eigenvalue weighted by molar-refractivity contribution is 0.0512. The third kappa shape index (κ3) is 3.77. The van der Waals surface area contributed by atoms with Crippen molar-refractivity contribution in [1.29, 1.82) is 0 Å². The third-order valence-corrected chi connectivity index (χ3v) is 5.44. The summed E-state index contributed by atoms with van der Waals surface area (Å²) in [5, 5.41) is 4.22. The quantitative estimate of drug-likeness (QED) is 0.420. The Kier molecular flexibility index (Phi) is 5.81. The molecule has 32 heavy (non-hydrogen) atoms. The average Bonchev–Trinajstić information content (AvgIpc) is 3.05. The maximum absolute atomic E-state index is 12.6. The largest absolute Gasteiger partial charge is 0.495 e. The van der Waals surface area contributed by atoms with E-state index in [4.69, 9.17) is 9.47 Å². The highest BCUT2D eigenvalue weighted by Gasteiger charge is 2.23. The molecular formula is C25H26N4O3. The van der Waals surface area contributed by atoms with Crippen LogP contribution in [0.4, 0.5) is 11.5 Å². The summed E-state index contributed by atoms with van der Waals surface area (Å²) in [6, 6.07) is 15.8. The number of nitrogens with zero attached hydrogens (tertiary/aromatic N) is 3. The van der Waals surface area contributed by atoms with Crippen molar-refractivity contribution >= 4 is 28.5 Å². The molecule has 2 heterocycles. The summed E-state index contributed by atoms with van der Waals surface area (Å²) >= 11 is 0. The number of hydrogen-bond donors (Lipinski definition) is 1. The fraction of sp³-hybridized carbons (Fsp3) is 0.240. The minimum atomic E-state index is -0.565. The molecule has 0 unspecified atom stereocenters. The first-order valence-corrected chi connectivity index (χ1v) is 10.5. The van der Waals surface area contributed by atoms with Gasteiger partial charge < -0.3 is 14.8 Å². The van der Waals surface area contributed by atoms with E-state index in [9.17, 15) is 4.79 Å². The molecule has 0 aliphatic heterocycles. The molecule has 0 bridgehead atoms. The molecular weight excluding hydrogens is 404 g/mol. The summed E-state index contributed by atoms with van der Waals surface area (Å²) in [4.78, 5) is 21.8. The van der Waals surface area contributed by atoms with Crippen molar-refractivity contribution in [1.82, 2.24) is 14.5 Å². The average molecular weight is 431 g/mol. The maximum Gasteiger partial charge on any atom is 0.376 e. The molecule has 2 aromatic heterocycles. The molecule has 4 rings (SSSR count). The number of para-hydroxylation sites is 1. The monoisotopic (exact) mass is 430 g/mol.